The van der Waals surface area contributed by atoms with E-state index in [1.54, 1.807) is 0 Å². The summed E-state index contributed by atoms with van der Waals surface area (Å²) in [6.45, 7) is 4.46. The number of rotatable bonds is 8. The molecule has 1 heterocycles. The van der Waals surface area contributed by atoms with Crippen LogP contribution < -0.4 is 90.0 Å². The minimum absolute atomic E-state index is 0. The van der Waals surface area contributed by atoms with Crippen molar-refractivity contribution in [1.29, 1.82) is 0 Å². The molecule has 6 aromatic rings. The molecule has 16 heteroatoms. The summed E-state index contributed by atoms with van der Waals surface area (Å²) in [5.74, 6) is 0. The summed E-state index contributed by atoms with van der Waals surface area (Å²) in [7, 11) is -12.7. The number of hydrogen-bond donors (Lipinski definition) is 0. The van der Waals surface area contributed by atoms with E-state index in [0.29, 0.717) is 0 Å². The van der Waals surface area contributed by atoms with Crippen LogP contribution in [0.3, 0.4) is 0 Å². The first kappa shape index (κ1) is 49.4. The molecule has 294 valence electrons. The predicted octanol–water partition coefficient (Wildman–Crippen LogP) is 1.86. The van der Waals surface area contributed by atoms with Gasteiger partial charge >= 0.3 is 54.1 Å². The van der Waals surface area contributed by atoms with Crippen LogP contribution in [0.15, 0.2) is 170 Å². The summed E-state index contributed by atoms with van der Waals surface area (Å²) in [4.78, 5) is 0. The molecule has 0 bridgehead atoms. The maximum absolute atomic E-state index is 10.7. The third kappa shape index (κ3) is 13.9. The summed E-state index contributed by atoms with van der Waals surface area (Å²) in [6, 6.07) is 62.6. The van der Waals surface area contributed by atoms with Gasteiger partial charge in [0.15, 0.2) is 0 Å². The first-order valence-electron chi connectivity index (χ1n) is 16.1. The Labute approximate surface area is 366 Å². The molecule has 0 radical (unpaired) electrons. The Balaban J connectivity index is 0.000000872. The predicted molar refractivity (Wildman–Crippen MR) is 211 cm³/mol. The largest absolute Gasteiger partial charge is 4.00 e. The fourth-order valence-electron chi connectivity index (χ4n) is 6.07. The molecule has 0 aromatic heterocycles. The Morgan fingerprint density at radius 2 is 0.655 bits per heavy atom. The molecule has 1 saturated heterocycles. The third-order valence-electron chi connectivity index (χ3n) is 8.08. The average Bonchev–Trinajstić information content (AvgIpc) is 3.50. The molecular formula is C39H35Cl2F6IN2P4Pt. The van der Waals surface area contributed by atoms with Crippen LogP contribution in [-0.4, -0.2) is 19.8 Å². The average molecular weight is 1160 g/mol. The second-order valence-electron chi connectivity index (χ2n) is 11.7. The van der Waals surface area contributed by atoms with E-state index in [1.165, 1.54) is 43.2 Å². The van der Waals surface area contributed by atoms with Crippen LogP contribution >= 0.6 is 31.9 Å². The summed E-state index contributed by atoms with van der Waals surface area (Å²) in [5.41, 5.74) is 2.74. The first-order chi connectivity index (χ1) is 24.2. The Hall–Kier alpha value is -1.78. The number of nitrogens with zero attached hydrogens (tertiary/aromatic N) is 2. The van der Waals surface area contributed by atoms with E-state index >= 15 is 0 Å². The summed E-state index contributed by atoms with van der Waals surface area (Å²) in [6.07, 6.45) is 0. The molecule has 0 saturated carbocycles. The van der Waals surface area contributed by atoms with Crippen molar-refractivity contribution in [3.05, 3.63) is 170 Å². The molecule has 7 rings (SSSR count). The standard InChI is InChI=1S/C39H35N2P3.2ClH.F6P.HI.Pt/c1-42-40(36-26-14-16-28-38(36)43(32-18-6-2-7-19-32)33-20-8-3-9-21-33)30-31-41(42)37-27-15-17-29-39(37)44(34-22-10-4-11-23-34)35-24-12-5-13-25-35;;;1-7(2,3,4,5)6;;/h2-29H,30-31H2,1H3;2*1H;;1H;/q;;;-1;;+4/p-3. The van der Waals surface area contributed by atoms with E-state index in [2.05, 4.69) is 186 Å². The van der Waals surface area contributed by atoms with Crippen LogP contribution in [-0.2, 0) is 21.1 Å². The minimum Gasteiger partial charge on any atom is -1.00 e. The number of para-hydroxylation sites is 2. The first-order valence-corrected chi connectivity index (χ1v) is 22.5. The molecule has 6 aromatic carbocycles. The maximum atomic E-state index is 9.87. The Bertz CT molecular complexity index is 1840. The molecule has 0 aliphatic carbocycles. The number of anilines is 2. The van der Waals surface area contributed by atoms with Gasteiger partial charge in [0.05, 0.1) is 8.22 Å². The van der Waals surface area contributed by atoms with Gasteiger partial charge < -0.3 is 58.1 Å². The van der Waals surface area contributed by atoms with Crippen molar-refractivity contribution in [2.45, 2.75) is 0 Å². The number of hydrogen-bond acceptors (Lipinski definition) is 2. The Morgan fingerprint density at radius 1 is 0.436 bits per heavy atom. The van der Waals surface area contributed by atoms with E-state index in [-0.39, 0.29) is 69.9 Å². The fourth-order valence-corrected chi connectivity index (χ4v) is 13.1. The van der Waals surface area contributed by atoms with Crippen LogP contribution in [0.4, 0.5) is 36.6 Å². The van der Waals surface area contributed by atoms with Gasteiger partial charge in [-0.25, -0.2) is 0 Å². The third-order valence-corrected chi connectivity index (χ3v) is 15.3. The molecule has 1 fully saturated rings. The number of benzene rings is 6. The molecule has 1 aliphatic heterocycles. The molecule has 0 N–H and O–H groups in total. The van der Waals surface area contributed by atoms with Gasteiger partial charge in [0, 0.05) is 35.1 Å². The van der Waals surface area contributed by atoms with Crippen molar-refractivity contribution < 1.29 is 95.0 Å². The van der Waals surface area contributed by atoms with Crippen molar-refractivity contribution >= 4 is 75.1 Å². The molecular weight excluding hydrogens is 1130 g/mol. The molecule has 0 spiro atoms. The maximum Gasteiger partial charge on any atom is 4.00 e. The van der Waals surface area contributed by atoms with Gasteiger partial charge in [0.25, 0.3) is 0 Å². The van der Waals surface area contributed by atoms with E-state index < -0.39 is 31.9 Å². The second kappa shape index (κ2) is 20.3. The van der Waals surface area contributed by atoms with Crippen LogP contribution in [0.2, 0.25) is 0 Å². The zero-order valence-corrected chi connectivity index (χ0v) is 38.5. The van der Waals surface area contributed by atoms with Gasteiger partial charge in [0.2, 0.25) is 0 Å². The summed E-state index contributed by atoms with van der Waals surface area (Å²) in [5, 5.41) is 8.41. The van der Waals surface area contributed by atoms with Gasteiger partial charge in [-0.1, -0.05) is 158 Å². The van der Waals surface area contributed by atoms with E-state index in [9.17, 15) is 25.2 Å². The second-order valence-corrected chi connectivity index (χ2v) is 19.9. The zero-order chi connectivity index (χ0) is 36.1. The molecule has 55 heavy (non-hydrogen) atoms. The topological polar surface area (TPSA) is 6.48 Å². The molecule has 1 aliphatic rings. The van der Waals surface area contributed by atoms with Crippen molar-refractivity contribution in [1.82, 2.24) is 0 Å². The Kier molecular flexibility index (Phi) is 18.2. The van der Waals surface area contributed by atoms with Crippen molar-refractivity contribution in [3.8, 4) is 0 Å². The molecule has 0 atom stereocenters. The van der Waals surface area contributed by atoms with Gasteiger partial charge in [-0.15, -0.1) is 0 Å². The monoisotopic (exact) mass is 1160 g/mol. The van der Waals surface area contributed by atoms with Gasteiger partial charge in [-0.3, -0.25) is 0 Å². The normalized spacial score (nSPS) is 13.8. The summed E-state index contributed by atoms with van der Waals surface area (Å²) < 4.78 is 64.6. The van der Waals surface area contributed by atoms with E-state index in [1.807, 2.05) is 0 Å². The van der Waals surface area contributed by atoms with Crippen molar-refractivity contribution in [2.24, 2.45) is 0 Å². The SMILES string of the molecule is CP1N(c2ccccc2P(c2ccccc2)c2ccccc2)CCN1c1ccccc1P(c1ccccc1)c1ccccc1.F[P-](F)(F)(F)(F)F.[Cl-].[Cl-].[I-].[Pt+4]. The molecule has 0 unspecified atom stereocenters. The smallest absolute Gasteiger partial charge is 1.00 e. The molecule has 0 amide bonds. The van der Waals surface area contributed by atoms with E-state index in [4.69, 9.17) is 0 Å². The van der Waals surface area contributed by atoms with Gasteiger partial charge in [-0.2, -0.15) is 0 Å². The Morgan fingerprint density at radius 3 is 0.909 bits per heavy atom. The minimum atomic E-state index is -10.7. The number of halogens is 9. The zero-order valence-electron chi connectivity index (χ0n) is 29.0. The van der Waals surface area contributed by atoms with Gasteiger partial charge in [0.1, 0.15) is 0 Å². The molecule has 2 nitrogen and oxygen atoms in total. The van der Waals surface area contributed by atoms with Crippen LogP contribution in [0, 0.1) is 0 Å². The van der Waals surface area contributed by atoms with Crippen LogP contribution in [0.1, 0.15) is 0 Å². The van der Waals surface area contributed by atoms with Crippen molar-refractivity contribution in [3.63, 3.8) is 0 Å². The van der Waals surface area contributed by atoms with Crippen molar-refractivity contribution in [2.75, 3.05) is 29.1 Å². The van der Waals surface area contributed by atoms with Crippen LogP contribution in [0.5, 0.6) is 0 Å². The van der Waals surface area contributed by atoms with Gasteiger partial charge in [-0.05, 0) is 55.9 Å². The summed E-state index contributed by atoms with van der Waals surface area (Å²) >= 11 is 0. The van der Waals surface area contributed by atoms with Crippen LogP contribution in [0.25, 0.3) is 0 Å². The van der Waals surface area contributed by atoms with E-state index in [0.717, 1.165) is 13.1 Å². The fraction of sp³-hybridized carbons (Fsp3) is 0.0769. The quantitative estimate of drug-likeness (QED) is 0.131.